The molecule has 1 aromatic rings. The van der Waals surface area contributed by atoms with Crippen molar-refractivity contribution in [2.24, 2.45) is 11.8 Å². The van der Waals surface area contributed by atoms with Crippen molar-refractivity contribution >= 4 is 40.4 Å². The van der Waals surface area contributed by atoms with Gasteiger partial charge in [-0.3, -0.25) is 0 Å². The Balaban J connectivity index is 1.59. The van der Waals surface area contributed by atoms with Gasteiger partial charge in [0.05, 0.1) is 0 Å². The number of aromatic nitrogens is 3. The Morgan fingerprint density at radius 1 is 0.593 bits per heavy atom. The van der Waals surface area contributed by atoms with E-state index >= 15 is 0 Å². The van der Waals surface area contributed by atoms with Crippen LogP contribution in [-0.4, -0.2) is 58.1 Å². The fourth-order valence-electron chi connectivity index (χ4n) is 4.23. The van der Waals surface area contributed by atoms with Gasteiger partial charge in [0, 0.05) is 43.2 Å². The Hall–Kier alpha value is -0.860. The van der Waals surface area contributed by atoms with Gasteiger partial charge in [0.15, 0.2) is 0 Å². The zero-order valence-corrected chi connectivity index (χ0v) is 18.9. The first kappa shape index (κ1) is 19.5. The van der Waals surface area contributed by atoms with Crippen LogP contribution in [0.25, 0.3) is 0 Å². The molecule has 0 saturated carbocycles. The minimum Gasteiger partial charge on any atom is -0.341 e. The number of hydrogen-bond acceptors (Lipinski definition) is 6. The number of halogens is 1. The molecule has 0 amide bonds. The van der Waals surface area contributed by atoms with Crippen LogP contribution in [0, 0.1) is 11.8 Å². The molecule has 0 radical (unpaired) electrons. The van der Waals surface area contributed by atoms with Crippen LogP contribution in [0.1, 0.15) is 52.4 Å². The summed E-state index contributed by atoms with van der Waals surface area (Å²) in [6.07, 6.45) is 7.38. The molecule has 150 valence electrons. The maximum absolute atomic E-state index is 4.94. The highest BCUT2D eigenvalue weighted by atomic mass is 127. The Bertz CT molecular complexity index is 519. The predicted molar refractivity (Wildman–Crippen MR) is 120 cm³/mol. The van der Waals surface area contributed by atoms with Crippen molar-refractivity contribution in [3.63, 3.8) is 0 Å². The van der Waals surface area contributed by atoms with Gasteiger partial charge in [0.1, 0.15) is 0 Å². The molecular formula is C20H33IN6. The number of piperidine rings is 3. The number of rotatable bonds is 3. The van der Waals surface area contributed by atoms with Crippen LogP contribution < -0.4 is 14.7 Å². The lowest BCUT2D eigenvalue weighted by Crippen LogP contribution is -2.39. The molecule has 4 rings (SSSR count). The van der Waals surface area contributed by atoms with Gasteiger partial charge < -0.3 is 14.7 Å². The van der Waals surface area contributed by atoms with Crippen molar-refractivity contribution in [2.75, 3.05) is 54.0 Å². The maximum atomic E-state index is 4.94. The number of nitrogens with zero attached hydrogens (tertiary/aromatic N) is 6. The lowest BCUT2D eigenvalue weighted by Gasteiger charge is -2.35. The summed E-state index contributed by atoms with van der Waals surface area (Å²) in [6, 6.07) is 0. The zero-order chi connectivity index (χ0) is 18.8. The van der Waals surface area contributed by atoms with E-state index in [0.29, 0.717) is 0 Å². The van der Waals surface area contributed by atoms with E-state index in [1.165, 1.54) is 38.5 Å². The molecule has 3 aliphatic rings. The number of hydrogen-bond donors (Lipinski definition) is 0. The number of anilines is 3. The first-order valence-electron chi connectivity index (χ1n) is 10.7. The van der Waals surface area contributed by atoms with Gasteiger partial charge in [-0.2, -0.15) is 15.0 Å². The SMILES string of the molecule is CC1CCN(c2nc(N3CCC(C)CC3)nc(N3CCC(I)CC3)n2)CC1. The molecule has 1 aromatic heterocycles. The monoisotopic (exact) mass is 484 g/mol. The van der Waals surface area contributed by atoms with Crippen molar-refractivity contribution in [2.45, 2.75) is 56.3 Å². The summed E-state index contributed by atoms with van der Waals surface area (Å²) in [6.45, 7) is 11.1. The Morgan fingerprint density at radius 3 is 1.22 bits per heavy atom. The van der Waals surface area contributed by atoms with Crippen LogP contribution >= 0.6 is 22.6 Å². The Kier molecular flexibility index (Phi) is 6.24. The summed E-state index contributed by atoms with van der Waals surface area (Å²) in [4.78, 5) is 22.0. The minimum atomic E-state index is 0.784. The molecule has 6 nitrogen and oxygen atoms in total. The smallest absolute Gasteiger partial charge is 0.231 e. The Labute approximate surface area is 177 Å². The molecule has 0 aliphatic carbocycles. The van der Waals surface area contributed by atoms with E-state index in [4.69, 9.17) is 15.0 Å². The zero-order valence-electron chi connectivity index (χ0n) is 16.8. The second kappa shape index (κ2) is 8.66. The molecule has 3 aliphatic heterocycles. The second-order valence-corrected chi connectivity index (χ2v) is 10.5. The molecule has 7 heteroatoms. The van der Waals surface area contributed by atoms with E-state index in [0.717, 1.165) is 72.9 Å². The normalized spacial score (nSPS) is 23.9. The van der Waals surface area contributed by atoms with Crippen LogP contribution in [0.2, 0.25) is 0 Å². The van der Waals surface area contributed by atoms with E-state index in [-0.39, 0.29) is 0 Å². The minimum absolute atomic E-state index is 0.784. The molecule has 4 heterocycles. The molecule has 0 unspecified atom stereocenters. The fraction of sp³-hybridized carbons (Fsp3) is 0.850. The summed E-state index contributed by atoms with van der Waals surface area (Å²) in [7, 11) is 0. The van der Waals surface area contributed by atoms with Crippen molar-refractivity contribution in [3.8, 4) is 0 Å². The fourth-order valence-corrected chi connectivity index (χ4v) is 4.79. The van der Waals surface area contributed by atoms with Gasteiger partial charge in [0.25, 0.3) is 0 Å². The average Bonchev–Trinajstić information content (AvgIpc) is 2.69. The van der Waals surface area contributed by atoms with E-state index in [9.17, 15) is 0 Å². The molecule has 0 atom stereocenters. The maximum Gasteiger partial charge on any atom is 0.231 e. The summed E-state index contributed by atoms with van der Waals surface area (Å²) < 4.78 is 0.784. The van der Waals surface area contributed by atoms with E-state index in [1.54, 1.807) is 0 Å². The molecular weight excluding hydrogens is 451 g/mol. The van der Waals surface area contributed by atoms with Crippen molar-refractivity contribution in [3.05, 3.63) is 0 Å². The van der Waals surface area contributed by atoms with Crippen molar-refractivity contribution < 1.29 is 0 Å². The second-order valence-electron chi connectivity index (χ2n) is 8.74. The van der Waals surface area contributed by atoms with Crippen LogP contribution in [0.3, 0.4) is 0 Å². The third kappa shape index (κ3) is 4.77. The van der Waals surface area contributed by atoms with Crippen LogP contribution in [0.15, 0.2) is 0 Å². The molecule has 27 heavy (non-hydrogen) atoms. The number of alkyl halides is 1. The van der Waals surface area contributed by atoms with Gasteiger partial charge in [-0.05, 0) is 50.4 Å². The molecule has 0 bridgehead atoms. The quantitative estimate of drug-likeness (QED) is 0.481. The average molecular weight is 484 g/mol. The standard InChI is InChI=1S/C20H33IN6/c1-15-3-9-25(10-4-15)18-22-19(26-11-5-16(2)6-12-26)24-20(23-18)27-13-7-17(21)8-14-27/h15-17H,3-14H2,1-2H3. The molecule has 0 spiro atoms. The van der Waals surface area contributed by atoms with Crippen molar-refractivity contribution in [1.29, 1.82) is 0 Å². The molecule has 0 aromatic carbocycles. The van der Waals surface area contributed by atoms with Crippen LogP contribution in [-0.2, 0) is 0 Å². The van der Waals surface area contributed by atoms with E-state index in [2.05, 4.69) is 51.1 Å². The third-order valence-corrected chi connectivity index (χ3v) is 7.69. The third-order valence-electron chi connectivity index (χ3n) is 6.44. The van der Waals surface area contributed by atoms with Crippen LogP contribution in [0.5, 0.6) is 0 Å². The highest BCUT2D eigenvalue weighted by Gasteiger charge is 2.26. The topological polar surface area (TPSA) is 48.4 Å². The summed E-state index contributed by atoms with van der Waals surface area (Å²) in [5.41, 5.74) is 0. The van der Waals surface area contributed by atoms with Gasteiger partial charge in [0.2, 0.25) is 17.8 Å². The summed E-state index contributed by atoms with van der Waals surface area (Å²) in [5, 5.41) is 0. The van der Waals surface area contributed by atoms with Crippen LogP contribution in [0.4, 0.5) is 17.8 Å². The largest absolute Gasteiger partial charge is 0.341 e. The Morgan fingerprint density at radius 2 is 0.889 bits per heavy atom. The van der Waals surface area contributed by atoms with Gasteiger partial charge in [-0.25, -0.2) is 0 Å². The predicted octanol–water partition coefficient (Wildman–Crippen LogP) is 3.75. The highest BCUT2D eigenvalue weighted by Crippen LogP contribution is 2.28. The summed E-state index contributed by atoms with van der Waals surface area (Å²) >= 11 is 2.58. The van der Waals surface area contributed by atoms with Gasteiger partial charge >= 0.3 is 0 Å². The summed E-state index contributed by atoms with van der Waals surface area (Å²) in [5.74, 6) is 4.33. The van der Waals surface area contributed by atoms with Gasteiger partial charge in [-0.1, -0.05) is 36.4 Å². The van der Waals surface area contributed by atoms with E-state index < -0.39 is 0 Å². The first-order valence-corrected chi connectivity index (χ1v) is 12.0. The first-order chi connectivity index (χ1) is 13.1. The molecule has 0 N–H and O–H groups in total. The van der Waals surface area contributed by atoms with E-state index in [1.807, 2.05) is 0 Å². The molecule has 3 saturated heterocycles. The molecule has 3 fully saturated rings. The van der Waals surface area contributed by atoms with Gasteiger partial charge in [-0.15, -0.1) is 0 Å². The lowest BCUT2D eigenvalue weighted by molar-refractivity contribution is 0.429. The highest BCUT2D eigenvalue weighted by molar-refractivity contribution is 14.1. The lowest BCUT2D eigenvalue weighted by atomic mass is 9.99. The van der Waals surface area contributed by atoms with Crippen molar-refractivity contribution in [1.82, 2.24) is 15.0 Å².